The van der Waals surface area contributed by atoms with E-state index >= 15 is 0 Å². The summed E-state index contributed by atoms with van der Waals surface area (Å²) in [5.74, 6) is 0.703. The first-order valence-corrected chi connectivity index (χ1v) is 9.34. The highest BCUT2D eigenvalue weighted by molar-refractivity contribution is 7.18. The van der Waals surface area contributed by atoms with Gasteiger partial charge in [0.1, 0.15) is 5.01 Å². The molecule has 3 rings (SSSR count). The van der Waals surface area contributed by atoms with Crippen LogP contribution in [0.5, 0.6) is 0 Å². The molecule has 1 aromatic carbocycles. The predicted molar refractivity (Wildman–Crippen MR) is 98.3 cm³/mol. The molecular weight excluding hydrogens is 320 g/mol. The minimum Gasteiger partial charge on any atom is -0.317 e. The monoisotopic (exact) mass is 344 g/mol. The highest BCUT2D eigenvalue weighted by Gasteiger charge is 2.15. The molecule has 0 radical (unpaired) electrons. The lowest BCUT2D eigenvalue weighted by Gasteiger charge is -2.21. The lowest BCUT2D eigenvalue weighted by atomic mass is 9.93. The number of anilines is 1. The van der Waals surface area contributed by atoms with Crippen molar-refractivity contribution in [1.82, 2.24) is 15.5 Å². The average molecular weight is 344 g/mol. The van der Waals surface area contributed by atoms with Gasteiger partial charge in [-0.25, -0.2) is 0 Å². The molecule has 0 aliphatic carbocycles. The molecule has 0 atom stereocenters. The van der Waals surface area contributed by atoms with E-state index in [1.165, 1.54) is 35.3 Å². The van der Waals surface area contributed by atoms with Gasteiger partial charge in [-0.3, -0.25) is 4.79 Å². The van der Waals surface area contributed by atoms with Gasteiger partial charge in [0.15, 0.2) is 0 Å². The summed E-state index contributed by atoms with van der Waals surface area (Å²) in [5.41, 5.74) is 3.46. The zero-order valence-corrected chi connectivity index (χ0v) is 15.1. The van der Waals surface area contributed by atoms with E-state index in [9.17, 15) is 4.79 Å². The normalized spacial score (nSPS) is 15.4. The fraction of sp³-hybridized carbons (Fsp3) is 0.500. The maximum absolute atomic E-state index is 12.1. The van der Waals surface area contributed by atoms with E-state index < -0.39 is 0 Å². The molecule has 1 aliphatic rings. The number of benzene rings is 1. The largest absolute Gasteiger partial charge is 0.317 e. The Labute approximate surface area is 146 Å². The zero-order valence-electron chi connectivity index (χ0n) is 14.3. The fourth-order valence-corrected chi connectivity index (χ4v) is 3.92. The molecule has 1 aromatic heterocycles. The van der Waals surface area contributed by atoms with Crippen LogP contribution >= 0.6 is 11.3 Å². The van der Waals surface area contributed by atoms with Gasteiger partial charge in [-0.1, -0.05) is 28.5 Å². The maximum Gasteiger partial charge on any atom is 0.226 e. The second kappa shape index (κ2) is 7.85. The van der Waals surface area contributed by atoms with Crippen LogP contribution in [0.2, 0.25) is 0 Å². The van der Waals surface area contributed by atoms with Gasteiger partial charge in [-0.2, -0.15) is 0 Å². The zero-order chi connectivity index (χ0) is 16.9. The van der Waals surface area contributed by atoms with Crippen molar-refractivity contribution in [3.05, 3.63) is 29.3 Å². The third-order valence-corrected chi connectivity index (χ3v) is 5.27. The van der Waals surface area contributed by atoms with E-state index in [2.05, 4.69) is 52.9 Å². The van der Waals surface area contributed by atoms with E-state index in [1.807, 2.05) is 0 Å². The molecule has 2 heterocycles. The van der Waals surface area contributed by atoms with Crippen LogP contribution in [-0.2, 0) is 4.79 Å². The van der Waals surface area contributed by atoms with Crippen molar-refractivity contribution in [3.8, 4) is 10.6 Å². The Balaban J connectivity index is 1.56. The van der Waals surface area contributed by atoms with Crippen molar-refractivity contribution in [1.29, 1.82) is 0 Å². The molecule has 2 N–H and O–H groups in total. The van der Waals surface area contributed by atoms with Crippen LogP contribution < -0.4 is 10.6 Å². The van der Waals surface area contributed by atoms with Crippen molar-refractivity contribution < 1.29 is 4.79 Å². The number of nitrogens with one attached hydrogen (secondary N) is 2. The number of aryl methyl sites for hydroxylation is 2. The van der Waals surface area contributed by atoms with E-state index in [0.29, 0.717) is 17.5 Å². The molecule has 1 amide bonds. The third kappa shape index (κ3) is 4.61. The van der Waals surface area contributed by atoms with Gasteiger partial charge in [0, 0.05) is 12.0 Å². The summed E-state index contributed by atoms with van der Waals surface area (Å²) in [4.78, 5) is 12.1. The number of carbonyl (C=O) groups is 1. The number of piperidine rings is 1. The van der Waals surface area contributed by atoms with Crippen LogP contribution in [-0.4, -0.2) is 29.2 Å². The van der Waals surface area contributed by atoms with E-state index in [0.717, 1.165) is 30.1 Å². The minimum absolute atomic E-state index is 0.0386. The molecular formula is C18H24N4OS. The van der Waals surface area contributed by atoms with E-state index in [4.69, 9.17) is 0 Å². The topological polar surface area (TPSA) is 66.9 Å². The van der Waals surface area contributed by atoms with Gasteiger partial charge in [-0.05, 0) is 64.3 Å². The number of nitrogens with zero attached hydrogens (tertiary/aromatic N) is 2. The van der Waals surface area contributed by atoms with Gasteiger partial charge < -0.3 is 10.6 Å². The van der Waals surface area contributed by atoms with Crippen LogP contribution in [0.4, 0.5) is 5.13 Å². The SMILES string of the molecule is Cc1cc(C)cc(-c2nnc(NC(=O)CCC3CCNCC3)s2)c1. The Hall–Kier alpha value is -1.79. The van der Waals surface area contributed by atoms with Crippen molar-refractivity contribution in [2.75, 3.05) is 18.4 Å². The maximum atomic E-state index is 12.1. The Kier molecular flexibility index (Phi) is 5.58. The Morgan fingerprint density at radius 2 is 1.92 bits per heavy atom. The minimum atomic E-state index is 0.0386. The number of rotatable bonds is 5. The number of hydrogen-bond donors (Lipinski definition) is 2. The molecule has 0 unspecified atom stereocenters. The lowest BCUT2D eigenvalue weighted by Crippen LogP contribution is -2.28. The first-order chi connectivity index (χ1) is 11.6. The van der Waals surface area contributed by atoms with Crippen LogP contribution in [0, 0.1) is 19.8 Å². The van der Waals surface area contributed by atoms with Crippen LogP contribution in [0.15, 0.2) is 18.2 Å². The van der Waals surface area contributed by atoms with Crippen molar-refractivity contribution in [2.24, 2.45) is 5.92 Å². The second-order valence-corrected chi connectivity index (χ2v) is 7.55. The average Bonchev–Trinajstić information content (AvgIpc) is 3.01. The quantitative estimate of drug-likeness (QED) is 0.870. The number of carbonyl (C=O) groups excluding carboxylic acids is 1. The molecule has 24 heavy (non-hydrogen) atoms. The Morgan fingerprint density at radius 1 is 1.21 bits per heavy atom. The summed E-state index contributed by atoms with van der Waals surface area (Å²) in [6.07, 6.45) is 3.85. The van der Waals surface area contributed by atoms with Crippen molar-refractivity contribution >= 4 is 22.4 Å². The smallest absolute Gasteiger partial charge is 0.226 e. The lowest BCUT2D eigenvalue weighted by molar-refractivity contribution is -0.116. The van der Waals surface area contributed by atoms with Crippen molar-refractivity contribution in [2.45, 2.75) is 39.5 Å². The van der Waals surface area contributed by atoms with E-state index in [1.54, 1.807) is 0 Å². The van der Waals surface area contributed by atoms with Gasteiger partial charge in [0.25, 0.3) is 0 Å². The van der Waals surface area contributed by atoms with Gasteiger partial charge in [0.05, 0.1) is 0 Å². The predicted octanol–water partition coefficient (Wildman–Crippen LogP) is 3.54. The van der Waals surface area contributed by atoms with Gasteiger partial charge in [0.2, 0.25) is 11.0 Å². The van der Waals surface area contributed by atoms with Gasteiger partial charge >= 0.3 is 0 Å². The summed E-state index contributed by atoms with van der Waals surface area (Å²) >= 11 is 1.43. The molecule has 6 heteroatoms. The highest BCUT2D eigenvalue weighted by Crippen LogP contribution is 2.28. The second-order valence-electron chi connectivity index (χ2n) is 6.57. The molecule has 0 spiro atoms. The first kappa shape index (κ1) is 17.0. The summed E-state index contributed by atoms with van der Waals surface area (Å²) in [6, 6.07) is 6.32. The molecule has 5 nitrogen and oxygen atoms in total. The number of aromatic nitrogens is 2. The highest BCUT2D eigenvalue weighted by atomic mass is 32.1. The van der Waals surface area contributed by atoms with Crippen LogP contribution in [0.1, 0.15) is 36.8 Å². The molecule has 128 valence electrons. The standard InChI is InChI=1S/C18H24N4OS/c1-12-9-13(2)11-15(10-12)17-21-22-18(24-17)20-16(23)4-3-14-5-7-19-8-6-14/h9-11,14,19H,3-8H2,1-2H3,(H,20,22,23). The van der Waals surface area contributed by atoms with Crippen LogP contribution in [0.3, 0.4) is 0 Å². The van der Waals surface area contributed by atoms with Gasteiger partial charge in [-0.15, -0.1) is 10.2 Å². The summed E-state index contributed by atoms with van der Waals surface area (Å²) in [5, 5.41) is 16.0. The molecule has 1 saturated heterocycles. The van der Waals surface area contributed by atoms with Crippen molar-refractivity contribution in [3.63, 3.8) is 0 Å². The molecule has 1 aliphatic heterocycles. The Bertz CT molecular complexity index is 687. The number of hydrogen-bond acceptors (Lipinski definition) is 5. The fourth-order valence-electron chi connectivity index (χ4n) is 3.18. The third-order valence-electron chi connectivity index (χ3n) is 4.38. The molecule has 2 aromatic rings. The first-order valence-electron chi connectivity index (χ1n) is 8.53. The van der Waals surface area contributed by atoms with Crippen LogP contribution in [0.25, 0.3) is 10.6 Å². The van der Waals surface area contributed by atoms with E-state index in [-0.39, 0.29) is 5.91 Å². The summed E-state index contributed by atoms with van der Waals surface area (Å²) in [7, 11) is 0. The molecule has 0 saturated carbocycles. The summed E-state index contributed by atoms with van der Waals surface area (Å²) in [6.45, 7) is 6.28. The molecule has 0 bridgehead atoms. The molecule has 1 fully saturated rings. The summed E-state index contributed by atoms with van der Waals surface area (Å²) < 4.78 is 0. The number of amides is 1. The Morgan fingerprint density at radius 3 is 2.62 bits per heavy atom.